The minimum absolute atomic E-state index is 0.0129. The highest BCUT2D eigenvalue weighted by molar-refractivity contribution is 5.75. The molecule has 1 heterocycles. The lowest BCUT2D eigenvalue weighted by atomic mass is 10.1. The topological polar surface area (TPSA) is 56.3 Å². The molecule has 0 saturated carbocycles. The maximum absolute atomic E-state index is 11.4. The first-order valence-electron chi connectivity index (χ1n) is 7.22. The van der Waals surface area contributed by atoms with Crippen LogP contribution in [0.1, 0.15) is 16.9 Å². The lowest BCUT2D eigenvalue weighted by molar-refractivity contribution is -0.374. The lowest BCUT2D eigenvalue weighted by Crippen LogP contribution is -1.97. The zero-order valence-corrected chi connectivity index (χ0v) is 12.6. The summed E-state index contributed by atoms with van der Waals surface area (Å²) in [6, 6.07) is 20.4. The van der Waals surface area contributed by atoms with Gasteiger partial charge in [-0.25, -0.2) is 0 Å². The fourth-order valence-corrected chi connectivity index (χ4v) is 2.29. The number of benzene rings is 2. The van der Waals surface area contributed by atoms with Gasteiger partial charge in [0.2, 0.25) is 0 Å². The Bertz CT molecular complexity index is 846. The Hall–Kier alpha value is -3.14. The van der Waals surface area contributed by atoms with Crippen molar-refractivity contribution in [1.29, 1.82) is 0 Å². The van der Waals surface area contributed by atoms with Crippen LogP contribution in [0.3, 0.4) is 0 Å². The van der Waals surface area contributed by atoms with Gasteiger partial charge in [-0.05, 0) is 31.2 Å². The van der Waals surface area contributed by atoms with E-state index in [9.17, 15) is 10.1 Å². The maximum atomic E-state index is 11.4. The summed E-state index contributed by atoms with van der Waals surface area (Å²) in [5, 5.41) is 11.4. The third-order valence-electron chi connectivity index (χ3n) is 3.51. The number of furan rings is 1. The van der Waals surface area contributed by atoms with E-state index >= 15 is 0 Å². The molecule has 0 aliphatic rings. The van der Waals surface area contributed by atoms with Crippen molar-refractivity contribution in [1.82, 2.24) is 0 Å². The highest BCUT2D eigenvalue weighted by atomic mass is 16.6. The molecule has 2 aromatic carbocycles. The van der Waals surface area contributed by atoms with E-state index in [4.69, 9.17) is 4.42 Å². The number of hydrogen-bond donors (Lipinski definition) is 0. The Morgan fingerprint density at radius 3 is 2.35 bits per heavy atom. The molecule has 114 valence electrons. The van der Waals surface area contributed by atoms with Gasteiger partial charge in [-0.3, -0.25) is 10.1 Å². The third kappa shape index (κ3) is 3.37. The molecule has 1 aromatic heterocycles. The van der Waals surface area contributed by atoms with Gasteiger partial charge in [0.15, 0.2) is 0 Å². The monoisotopic (exact) mass is 305 g/mol. The van der Waals surface area contributed by atoms with Crippen LogP contribution in [0.15, 0.2) is 71.1 Å². The van der Waals surface area contributed by atoms with Gasteiger partial charge in [0.05, 0.1) is 16.6 Å². The summed E-state index contributed by atoms with van der Waals surface area (Å²) in [7, 11) is 0. The largest absolute Gasteiger partial charge is 0.456 e. The van der Waals surface area contributed by atoms with Crippen LogP contribution in [0.4, 0.5) is 0 Å². The van der Waals surface area contributed by atoms with Gasteiger partial charge in [0.25, 0.3) is 5.70 Å². The standard InChI is InChI=1S/C19H15NO3/c1-14-7-9-15(10-8-14)18(20(21)22)13-17-11-12-19(23-17)16-5-3-2-4-6-16/h2-13H,1H3. The van der Waals surface area contributed by atoms with Crippen molar-refractivity contribution in [3.63, 3.8) is 0 Å². The van der Waals surface area contributed by atoms with Gasteiger partial charge in [-0.15, -0.1) is 0 Å². The minimum atomic E-state index is -0.393. The molecular formula is C19H15NO3. The fourth-order valence-electron chi connectivity index (χ4n) is 2.29. The SMILES string of the molecule is Cc1ccc(C(=Cc2ccc(-c3ccccc3)o2)[N+](=O)[O-])cc1. The first-order valence-corrected chi connectivity index (χ1v) is 7.22. The highest BCUT2D eigenvalue weighted by Crippen LogP contribution is 2.25. The van der Waals surface area contributed by atoms with Crippen molar-refractivity contribution in [3.05, 3.63) is 93.7 Å². The molecule has 3 aromatic rings. The molecule has 0 bridgehead atoms. The smallest absolute Gasteiger partial charge is 0.280 e. The Kier molecular flexibility index (Phi) is 4.06. The first kappa shape index (κ1) is 14.8. The number of hydrogen-bond acceptors (Lipinski definition) is 3. The number of nitrogens with zero attached hydrogens (tertiary/aromatic N) is 1. The van der Waals surface area contributed by atoms with Crippen LogP contribution in [-0.2, 0) is 0 Å². The molecule has 23 heavy (non-hydrogen) atoms. The molecule has 4 heteroatoms. The lowest BCUT2D eigenvalue weighted by Gasteiger charge is -1.99. The fraction of sp³-hybridized carbons (Fsp3) is 0.0526. The molecule has 0 saturated heterocycles. The van der Waals surface area contributed by atoms with Gasteiger partial charge in [0.1, 0.15) is 11.5 Å². The molecule has 0 fully saturated rings. The van der Waals surface area contributed by atoms with Crippen molar-refractivity contribution in [2.45, 2.75) is 6.92 Å². The number of nitro groups is 1. The van der Waals surface area contributed by atoms with Gasteiger partial charge >= 0.3 is 0 Å². The second-order valence-electron chi connectivity index (χ2n) is 5.22. The number of rotatable bonds is 4. The van der Waals surface area contributed by atoms with Crippen molar-refractivity contribution >= 4 is 11.8 Å². The van der Waals surface area contributed by atoms with Crippen LogP contribution in [0.25, 0.3) is 23.1 Å². The molecule has 0 radical (unpaired) electrons. The van der Waals surface area contributed by atoms with E-state index in [1.54, 1.807) is 18.2 Å². The van der Waals surface area contributed by atoms with Crippen LogP contribution in [0.2, 0.25) is 0 Å². The van der Waals surface area contributed by atoms with Gasteiger partial charge in [0, 0.05) is 5.56 Å². The van der Waals surface area contributed by atoms with Crippen LogP contribution < -0.4 is 0 Å². The third-order valence-corrected chi connectivity index (χ3v) is 3.51. The highest BCUT2D eigenvalue weighted by Gasteiger charge is 2.15. The van der Waals surface area contributed by atoms with Crippen LogP contribution in [0, 0.1) is 17.0 Å². The average molecular weight is 305 g/mol. The summed E-state index contributed by atoms with van der Waals surface area (Å²) in [6.07, 6.45) is 1.46. The molecule has 4 nitrogen and oxygen atoms in total. The second-order valence-corrected chi connectivity index (χ2v) is 5.22. The Balaban J connectivity index is 1.96. The Morgan fingerprint density at radius 1 is 1.00 bits per heavy atom. The van der Waals surface area contributed by atoms with Gasteiger partial charge in [-0.2, -0.15) is 0 Å². The summed E-state index contributed by atoms with van der Waals surface area (Å²) >= 11 is 0. The number of aryl methyl sites for hydroxylation is 1. The van der Waals surface area contributed by atoms with Crippen LogP contribution in [0.5, 0.6) is 0 Å². The molecule has 0 aliphatic heterocycles. The zero-order valence-electron chi connectivity index (χ0n) is 12.6. The van der Waals surface area contributed by atoms with Crippen molar-refractivity contribution in [2.24, 2.45) is 0 Å². The average Bonchev–Trinajstić information content (AvgIpc) is 3.03. The molecule has 0 amide bonds. The second kappa shape index (κ2) is 6.32. The molecular weight excluding hydrogens is 290 g/mol. The van der Waals surface area contributed by atoms with Crippen molar-refractivity contribution < 1.29 is 9.34 Å². The van der Waals surface area contributed by atoms with E-state index in [1.165, 1.54) is 6.08 Å². The van der Waals surface area contributed by atoms with Crippen LogP contribution in [-0.4, -0.2) is 4.92 Å². The molecule has 0 unspecified atom stereocenters. The Morgan fingerprint density at radius 2 is 1.70 bits per heavy atom. The Labute approximate surface area is 133 Å². The van der Waals surface area contributed by atoms with E-state index < -0.39 is 4.92 Å². The first-order chi connectivity index (χ1) is 11.1. The van der Waals surface area contributed by atoms with Crippen LogP contribution >= 0.6 is 0 Å². The predicted octanol–water partition coefficient (Wildman–Crippen LogP) is 5.03. The zero-order chi connectivity index (χ0) is 16.2. The van der Waals surface area contributed by atoms with E-state index in [0.29, 0.717) is 17.1 Å². The summed E-state index contributed by atoms with van der Waals surface area (Å²) < 4.78 is 5.71. The van der Waals surface area contributed by atoms with E-state index in [2.05, 4.69) is 0 Å². The molecule has 0 N–H and O–H groups in total. The summed E-state index contributed by atoms with van der Waals surface area (Å²) in [5.74, 6) is 1.14. The van der Waals surface area contributed by atoms with Gasteiger partial charge < -0.3 is 4.42 Å². The summed E-state index contributed by atoms with van der Waals surface area (Å²) in [5.41, 5.74) is 2.56. The van der Waals surface area contributed by atoms with E-state index in [0.717, 1.165) is 11.1 Å². The quantitative estimate of drug-likeness (QED) is 0.502. The molecule has 0 spiro atoms. The van der Waals surface area contributed by atoms with E-state index in [1.807, 2.05) is 55.5 Å². The molecule has 0 atom stereocenters. The summed E-state index contributed by atoms with van der Waals surface area (Å²) in [6.45, 7) is 1.94. The van der Waals surface area contributed by atoms with Crippen molar-refractivity contribution in [2.75, 3.05) is 0 Å². The van der Waals surface area contributed by atoms with Gasteiger partial charge in [-0.1, -0.05) is 48.0 Å². The minimum Gasteiger partial charge on any atom is -0.456 e. The normalized spacial score (nSPS) is 11.4. The van der Waals surface area contributed by atoms with Crippen molar-refractivity contribution in [3.8, 4) is 11.3 Å². The summed E-state index contributed by atoms with van der Waals surface area (Å²) in [4.78, 5) is 11.0. The predicted molar refractivity (Wildman–Crippen MR) is 90.2 cm³/mol. The molecule has 0 aliphatic carbocycles. The molecule has 3 rings (SSSR count). The van der Waals surface area contributed by atoms with E-state index in [-0.39, 0.29) is 5.70 Å². The maximum Gasteiger partial charge on any atom is 0.280 e.